The SMILES string of the molecule is O=c1[nH]cnc2c1ccn2-c1ccc2c(c1)OCO2. The van der Waals surface area contributed by atoms with Crippen molar-refractivity contribution in [2.45, 2.75) is 0 Å². The number of aromatic amines is 1. The third-order valence-corrected chi connectivity index (χ3v) is 3.12. The van der Waals surface area contributed by atoms with Crippen molar-refractivity contribution in [1.29, 1.82) is 0 Å². The van der Waals surface area contributed by atoms with Gasteiger partial charge in [0.05, 0.1) is 17.4 Å². The lowest BCUT2D eigenvalue weighted by Gasteiger charge is -2.05. The molecule has 3 heterocycles. The van der Waals surface area contributed by atoms with Crippen LogP contribution in [-0.4, -0.2) is 21.3 Å². The van der Waals surface area contributed by atoms with Gasteiger partial charge < -0.3 is 19.0 Å². The van der Waals surface area contributed by atoms with Crippen molar-refractivity contribution in [3.8, 4) is 17.2 Å². The monoisotopic (exact) mass is 255 g/mol. The number of nitrogens with zero attached hydrogens (tertiary/aromatic N) is 2. The van der Waals surface area contributed by atoms with Crippen LogP contribution in [0.3, 0.4) is 0 Å². The van der Waals surface area contributed by atoms with Gasteiger partial charge in [0.1, 0.15) is 0 Å². The predicted molar refractivity (Wildman–Crippen MR) is 67.8 cm³/mol. The molecule has 94 valence electrons. The maximum Gasteiger partial charge on any atom is 0.260 e. The lowest BCUT2D eigenvalue weighted by molar-refractivity contribution is 0.174. The normalized spacial score (nSPS) is 13.1. The third-order valence-electron chi connectivity index (χ3n) is 3.12. The van der Waals surface area contributed by atoms with Crippen molar-refractivity contribution in [3.63, 3.8) is 0 Å². The average Bonchev–Trinajstić information content (AvgIpc) is 3.04. The van der Waals surface area contributed by atoms with Gasteiger partial charge in [-0.1, -0.05) is 0 Å². The fourth-order valence-corrected chi connectivity index (χ4v) is 2.21. The Morgan fingerprint density at radius 2 is 2.11 bits per heavy atom. The third kappa shape index (κ3) is 1.43. The topological polar surface area (TPSA) is 69.1 Å². The Kier molecular flexibility index (Phi) is 1.94. The van der Waals surface area contributed by atoms with Crippen molar-refractivity contribution in [2.24, 2.45) is 0 Å². The van der Waals surface area contributed by atoms with Crippen LogP contribution in [0.1, 0.15) is 0 Å². The number of benzene rings is 1. The summed E-state index contributed by atoms with van der Waals surface area (Å²) in [4.78, 5) is 18.4. The second kappa shape index (κ2) is 3.61. The summed E-state index contributed by atoms with van der Waals surface area (Å²) < 4.78 is 12.5. The van der Waals surface area contributed by atoms with Gasteiger partial charge in [0.25, 0.3) is 5.56 Å². The Balaban J connectivity index is 1.95. The predicted octanol–water partition coefficient (Wildman–Crippen LogP) is 1.44. The largest absolute Gasteiger partial charge is 0.454 e. The van der Waals surface area contributed by atoms with E-state index >= 15 is 0 Å². The molecule has 19 heavy (non-hydrogen) atoms. The fourth-order valence-electron chi connectivity index (χ4n) is 2.21. The smallest absolute Gasteiger partial charge is 0.260 e. The summed E-state index contributed by atoms with van der Waals surface area (Å²) in [6.45, 7) is 0.239. The zero-order valence-electron chi connectivity index (χ0n) is 9.79. The Bertz CT molecular complexity index is 835. The van der Waals surface area contributed by atoms with Crippen molar-refractivity contribution in [3.05, 3.63) is 47.1 Å². The molecule has 0 atom stereocenters. The summed E-state index contributed by atoms with van der Waals surface area (Å²) >= 11 is 0. The van der Waals surface area contributed by atoms with E-state index in [0.29, 0.717) is 16.8 Å². The summed E-state index contributed by atoms with van der Waals surface area (Å²) in [6, 6.07) is 7.35. The van der Waals surface area contributed by atoms with E-state index in [1.54, 1.807) is 6.07 Å². The van der Waals surface area contributed by atoms with E-state index in [4.69, 9.17) is 9.47 Å². The molecular formula is C13H9N3O3. The van der Waals surface area contributed by atoms with Crippen LogP contribution in [-0.2, 0) is 0 Å². The molecule has 6 nitrogen and oxygen atoms in total. The van der Waals surface area contributed by atoms with Gasteiger partial charge in [-0.15, -0.1) is 0 Å². The van der Waals surface area contributed by atoms with E-state index in [9.17, 15) is 4.79 Å². The van der Waals surface area contributed by atoms with Crippen molar-refractivity contribution >= 4 is 11.0 Å². The minimum Gasteiger partial charge on any atom is -0.454 e. The van der Waals surface area contributed by atoms with Gasteiger partial charge in [-0.3, -0.25) is 4.79 Å². The summed E-state index contributed by atoms with van der Waals surface area (Å²) in [5.41, 5.74) is 1.34. The Hall–Kier alpha value is -2.76. The minimum absolute atomic E-state index is 0.149. The summed E-state index contributed by atoms with van der Waals surface area (Å²) in [7, 11) is 0. The van der Waals surface area contributed by atoms with Gasteiger partial charge in [0, 0.05) is 12.3 Å². The minimum atomic E-state index is -0.149. The molecule has 2 aromatic heterocycles. The van der Waals surface area contributed by atoms with Crippen LogP contribution in [0.15, 0.2) is 41.6 Å². The highest BCUT2D eigenvalue weighted by molar-refractivity contribution is 5.77. The van der Waals surface area contributed by atoms with E-state index in [1.165, 1.54) is 6.33 Å². The molecule has 0 saturated carbocycles. The van der Waals surface area contributed by atoms with Crippen LogP contribution >= 0.6 is 0 Å². The Labute approximate surface area is 107 Å². The number of hydrogen-bond donors (Lipinski definition) is 1. The maximum absolute atomic E-state index is 11.7. The maximum atomic E-state index is 11.7. The number of nitrogens with one attached hydrogen (secondary N) is 1. The van der Waals surface area contributed by atoms with E-state index in [-0.39, 0.29) is 12.4 Å². The van der Waals surface area contributed by atoms with E-state index < -0.39 is 0 Å². The summed E-state index contributed by atoms with van der Waals surface area (Å²) in [5, 5.41) is 0.556. The number of hydrogen-bond acceptors (Lipinski definition) is 4. The number of ether oxygens (including phenoxy) is 2. The number of fused-ring (bicyclic) bond motifs is 2. The molecule has 1 aliphatic rings. The zero-order chi connectivity index (χ0) is 12.8. The van der Waals surface area contributed by atoms with E-state index in [0.717, 1.165) is 11.4 Å². The molecule has 1 aromatic carbocycles. The molecule has 4 rings (SSSR count). The van der Waals surface area contributed by atoms with E-state index in [1.807, 2.05) is 29.0 Å². The standard InChI is InChI=1S/C13H9N3O3/c17-13-9-3-4-16(12(9)14-6-15-13)8-1-2-10-11(5-8)19-7-18-10/h1-6H,7H2,(H,14,15,17). The highest BCUT2D eigenvalue weighted by Gasteiger charge is 2.15. The van der Waals surface area contributed by atoms with Gasteiger partial charge >= 0.3 is 0 Å². The Morgan fingerprint density at radius 1 is 1.21 bits per heavy atom. The lowest BCUT2D eigenvalue weighted by Crippen LogP contribution is -2.06. The first kappa shape index (κ1) is 10.2. The number of rotatable bonds is 1. The van der Waals surface area contributed by atoms with E-state index in [2.05, 4.69) is 9.97 Å². The highest BCUT2D eigenvalue weighted by atomic mass is 16.7. The molecule has 1 aliphatic heterocycles. The van der Waals surface area contributed by atoms with Crippen molar-refractivity contribution < 1.29 is 9.47 Å². The molecular weight excluding hydrogens is 246 g/mol. The first-order chi connectivity index (χ1) is 9.33. The van der Waals surface area contributed by atoms with Gasteiger partial charge in [0.15, 0.2) is 17.1 Å². The molecule has 6 heteroatoms. The second-order valence-electron chi connectivity index (χ2n) is 4.19. The first-order valence-corrected chi connectivity index (χ1v) is 5.78. The first-order valence-electron chi connectivity index (χ1n) is 5.78. The van der Waals surface area contributed by atoms with Gasteiger partial charge in [-0.25, -0.2) is 4.98 Å². The molecule has 3 aromatic rings. The summed E-state index contributed by atoms with van der Waals surface area (Å²) in [6.07, 6.45) is 3.21. The van der Waals surface area contributed by atoms with Crippen LogP contribution in [0.4, 0.5) is 0 Å². The van der Waals surface area contributed by atoms with Crippen LogP contribution in [0, 0.1) is 0 Å². The van der Waals surface area contributed by atoms with Crippen LogP contribution in [0.25, 0.3) is 16.7 Å². The number of aromatic nitrogens is 3. The van der Waals surface area contributed by atoms with Crippen LogP contribution in [0.2, 0.25) is 0 Å². The molecule has 0 amide bonds. The molecule has 1 N–H and O–H groups in total. The molecule has 0 radical (unpaired) electrons. The van der Waals surface area contributed by atoms with Crippen LogP contribution < -0.4 is 15.0 Å². The molecule has 0 bridgehead atoms. The quantitative estimate of drug-likeness (QED) is 0.714. The molecule has 0 spiro atoms. The van der Waals surface area contributed by atoms with Gasteiger partial charge in [-0.2, -0.15) is 0 Å². The Morgan fingerprint density at radius 3 is 3.05 bits per heavy atom. The van der Waals surface area contributed by atoms with Crippen molar-refractivity contribution in [1.82, 2.24) is 14.5 Å². The summed E-state index contributed by atoms with van der Waals surface area (Å²) in [5.74, 6) is 1.43. The molecule has 0 saturated heterocycles. The molecule has 0 fully saturated rings. The number of H-pyrrole nitrogens is 1. The highest BCUT2D eigenvalue weighted by Crippen LogP contribution is 2.34. The zero-order valence-corrected chi connectivity index (χ0v) is 9.79. The van der Waals surface area contributed by atoms with Gasteiger partial charge in [0.2, 0.25) is 6.79 Å². The average molecular weight is 255 g/mol. The fraction of sp³-hybridized carbons (Fsp3) is 0.0769. The van der Waals surface area contributed by atoms with Crippen molar-refractivity contribution in [2.75, 3.05) is 6.79 Å². The second-order valence-corrected chi connectivity index (χ2v) is 4.19. The van der Waals surface area contributed by atoms with Gasteiger partial charge in [-0.05, 0) is 18.2 Å². The van der Waals surface area contributed by atoms with Crippen LogP contribution in [0.5, 0.6) is 11.5 Å². The molecule has 0 unspecified atom stereocenters. The molecule has 0 aliphatic carbocycles. The lowest BCUT2D eigenvalue weighted by atomic mass is 10.3.